The quantitative estimate of drug-likeness (QED) is 0.484. The first-order valence-corrected chi connectivity index (χ1v) is 9.13. The van der Waals surface area contributed by atoms with Gasteiger partial charge in [0.15, 0.2) is 0 Å². The topological polar surface area (TPSA) is 84.3 Å². The Hall–Kier alpha value is -3.25. The summed E-state index contributed by atoms with van der Waals surface area (Å²) in [5.41, 5.74) is 2.92. The molecule has 0 fully saturated rings. The zero-order valence-electron chi connectivity index (χ0n) is 16.2. The molecule has 1 amide bonds. The number of nitrogens with zero attached hydrogens (tertiary/aromatic N) is 1. The third kappa shape index (κ3) is 4.18. The molecule has 0 aliphatic rings. The minimum atomic E-state index is -0.478. The van der Waals surface area contributed by atoms with Crippen molar-refractivity contribution >= 4 is 28.1 Å². The number of carbonyl (C=O) groups is 1. The van der Waals surface area contributed by atoms with E-state index in [-0.39, 0.29) is 29.9 Å². The average molecular weight is 377 g/mol. The molecule has 1 atom stereocenters. The highest BCUT2D eigenvalue weighted by Gasteiger charge is 2.18. The van der Waals surface area contributed by atoms with Crippen LogP contribution < -0.4 is 10.6 Å². The molecule has 0 spiro atoms. The second-order valence-electron chi connectivity index (χ2n) is 6.93. The maximum absolute atomic E-state index is 12.4. The van der Waals surface area contributed by atoms with Crippen molar-refractivity contribution in [2.75, 3.05) is 11.9 Å². The molecule has 0 aliphatic carbocycles. The van der Waals surface area contributed by atoms with Crippen LogP contribution in [-0.2, 0) is 4.79 Å². The molecule has 0 saturated heterocycles. The Balaban J connectivity index is 1.71. The van der Waals surface area contributed by atoms with E-state index in [2.05, 4.69) is 28.8 Å². The Labute approximate surface area is 163 Å². The fourth-order valence-electron chi connectivity index (χ4n) is 3.23. The summed E-state index contributed by atoms with van der Waals surface area (Å²) in [5, 5.41) is 19.4. The minimum Gasteiger partial charge on any atom is -0.319 e. The summed E-state index contributed by atoms with van der Waals surface area (Å²) < 4.78 is 0. The molecule has 3 rings (SSSR count). The van der Waals surface area contributed by atoms with Gasteiger partial charge in [0, 0.05) is 12.1 Å². The number of carbonyl (C=O) groups excluding carboxylic acids is 1. The second kappa shape index (κ2) is 8.19. The van der Waals surface area contributed by atoms with Gasteiger partial charge in [-0.1, -0.05) is 42.5 Å². The monoisotopic (exact) mass is 377 g/mol. The fraction of sp³-hybridized carbons (Fsp3) is 0.227. The largest absolute Gasteiger partial charge is 0.319 e. The van der Waals surface area contributed by atoms with Gasteiger partial charge in [-0.25, -0.2) is 0 Å². The molecule has 0 unspecified atom stereocenters. The molecule has 144 valence electrons. The van der Waals surface area contributed by atoms with Crippen molar-refractivity contribution in [3.8, 4) is 0 Å². The zero-order chi connectivity index (χ0) is 20.3. The molecule has 3 aromatic rings. The maximum atomic E-state index is 12.4. The van der Waals surface area contributed by atoms with E-state index in [1.165, 1.54) is 6.07 Å². The molecular weight excluding hydrogens is 354 g/mol. The first-order chi connectivity index (χ1) is 13.4. The van der Waals surface area contributed by atoms with Crippen LogP contribution in [0, 0.1) is 24.0 Å². The molecule has 3 aromatic carbocycles. The normalized spacial score (nSPS) is 12.0. The second-order valence-corrected chi connectivity index (χ2v) is 6.93. The van der Waals surface area contributed by atoms with Gasteiger partial charge < -0.3 is 10.6 Å². The van der Waals surface area contributed by atoms with E-state index in [1.807, 2.05) is 38.1 Å². The number of hydrogen-bond acceptors (Lipinski definition) is 4. The summed E-state index contributed by atoms with van der Waals surface area (Å²) in [6.45, 7) is 5.71. The fourth-order valence-corrected chi connectivity index (χ4v) is 3.23. The van der Waals surface area contributed by atoms with Gasteiger partial charge in [0.1, 0.15) is 5.69 Å². The summed E-state index contributed by atoms with van der Waals surface area (Å²) in [5.74, 6) is -0.321. The van der Waals surface area contributed by atoms with Crippen LogP contribution in [0.3, 0.4) is 0 Å². The average Bonchev–Trinajstić information content (AvgIpc) is 2.68. The Morgan fingerprint density at radius 1 is 1.07 bits per heavy atom. The van der Waals surface area contributed by atoms with E-state index in [0.29, 0.717) is 0 Å². The van der Waals surface area contributed by atoms with Gasteiger partial charge in [-0.15, -0.1) is 0 Å². The van der Waals surface area contributed by atoms with Gasteiger partial charge in [0.05, 0.1) is 11.5 Å². The number of nitro benzene ring substituents is 1. The lowest BCUT2D eigenvalue weighted by Crippen LogP contribution is -2.30. The lowest BCUT2D eigenvalue weighted by molar-refractivity contribution is -0.384. The molecule has 0 aliphatic heterocycles. The van der Waals surface area contributed by atoms with Crippen LogP contribution >= 0.6 is 0 Å². The molecule has 0 heterocycles. The number of aryl methyl sites for hydroxylation is 2. The van der Waals surface area contributed by atoms with Crippen LogP contribution in [0.5, 0.6) is 0 Å². The van der Waals surface area contributed by atoms with Crippen molar-refractivity contribution in [2.45, 2.75) is 26.8 Å². The summed E-state index contributed by atoms with van der Waals surface area (Å²) in [6.07, 6.45) is 0. The van der Waals surface area contributed by atoms with Crippen molar-refractivity contribution in [3.05, 3.63) is 81.4 Å². The number of anilines is 1. The summed E-state index contributed by atoms with van der Waals surface area (Å²) in [7, 11) is 0. The Kier molecular flexibility index (Phi) is 5.70. The van der Waals surface area contributed by atoms with Gasteiger partial charge in [-0.3, -0.25) is 14.9 Å². The van der Waals surface area contributed by atoms with Gasteiger partial charge in [-0.05, 0) is 54.3 Å². The predicted octanol–water partition coefficient (Wildman–Crippen LogP) is 4.65. The smallest absolute Gasteiger partial charge is 0.293 e. The molecule has 6 heteroatoms. The molecule has 0 radical (unpaired) electrons. The molecule has 0 saturated carbocycles. The molecular formula is C22H23N3O3. The van der Waals surface area contributed by atoms with Crippen LogP contribution in [0.15, 0.2) is 54.6 Å². The van der Waals surface area contributed by atoms with Crippen LogP contribution in [0.25, 0.3) is 10.8 Å². The van der Waals surface area contributed by atoms with Crippen molar-refractivity contribution in [1.29, 1.82) is 0 Å². The van der Waals surface area contributed by atoms with Crippen molar-refractivity contribution < 1.29 is 9.72 Å². The van der Waals surface area contributed by atoms with Crippen LogP contribution in [0.2, 0.25) is 0 Å². The number of rotatable bonds is 6. The van der Waals surface area contributed by atoms with Crippen LogP contribution in [0.4, 0.5) is 11.4 Å². The van der Waals surface area contributed by atoms with Gasteiger partial charge in [0.25, 0.3) is 5.69 Å². The molecule has 28 heavy (non-hydrogen) atoms. The molecule has 0 aromatic heterocycles. The highest BCUT2D eigenvalue weighted by molar-refractivity contribution is 5.94. The minimum absolute atomic E-state index is 0.0495. The van der Waals surface area contributed by atoms with E-state index in [4.69, 9.17) is 0 Å². The highest BCUT2D eigenvalue weighted by atomic mass is 16.6. The highest BCUT2D eigenvalue weighted by Crippen LogP contribution is 2.28. The van der Waals surface area contributed by atoms with E-state index in [1.54, 1.807) is 13.0 Å². The third-order valence-corrected chi connectivity index (χ3v) is 4.94. The number of hydrogen-bond donors (Lipinski definition) is 2. The Morgan fingerprint density at radius 2 is 1.75 bits per heavy atom. The van der Waals surface area contributed by atoms with Gasteiger partial charge >= 0.3 is 0 Å². The lowest BCUT2D eigenvalue weighted by atomic mass is 10.00. The van der Waals surface area contributed by atoms with Crippen LogP contribution in [0.1, 0.15) is 29.7 Å². The standard InChI is InChI=1S/C22H23N3O3/c1-14-11-20(21(25(27)28)12-15(14)2)24-22(26)13-23-16(3)18-10-6-8-17-7-4-5-9-19(17)18/h4-12,16,23H,13H2,1-3H3,(H,24,26)/t16-/m1/s1. The van der Waals surface area contributed by atoms with Crippen molar-refractivity contribution in [3.63, 3.8) is 0 Å². The maximum Gasteiger partial charge on any atom is 0.293 e. The summed E-state index contributed by atoms with van der Waals surface area (Å²) >= 11 is 0. The van der Waals surface area contributed by atoms with Crippen molar-refractivity contribution in [2.24, 2.45) is 0 Å². The SMILES string of the molecule is Cc1cc(NC(=O)CN[C@H](C)c2cccc3ccccc23)c([N+](=O)[O-])cc1C. The lowest BCUT2D eigenvalue weighted by Gasteiger charge is -2.16. The number of nitrogens with one attached hydrogen (secondary N) is 2. The van der Waals surface area contributed by atoms with Gasteiger partial charge in [0.2, 0.25) is 5.91 Å². The number of nitro groups is 1. The first-order valence-electron chi connectivity index (χ1n) is 9.13. The number of benzene rings is 3. The number of fused-ring (bicyclic) bond motifs is 1. The van der Waals surface area contributed by atoms with E-state index < -0.39 is 4.92 Å². The summed E-state index contributed by atoms with van der Waals surface area (Å²) in [4.78, 5) is 23.2. The van der Waals surface area contributed by atoms with Gasteiger partial charge in [-0.2, -0.15) is 0 Å². The third-order valence-electron chi connectivity index (χ3n) is 4.94. The first kappa shape index (κ1) is 19.5. The zero-order valence-corrected chi connectivity index (χ0v) is 16.2. The number of amides is 1. The molecule has 0 bridgehead atoms. The van der Waals surface area contributed by atoms with E-state index >= 15 is 0 Å². The molecule has 2 N–H and O–H groups in total. The Bertz CT molecular complexity index is 1040. The van der Waals surface area contributed by atoms with Crippen LogP contribution in [-0.4, -0.2) is 17.4 Å². The van der Waals surface area contributed by atoms with E-state index in [9.17, 15) is 14.9 Å². The molecule has 6 nitrogen and oxygen atoms in total. The predicted molar refractivity (Wildman–Crippen MR) is 112 cm³/mol. The summed E-state index contributed by atoms with van der Waals surface area (Å²) in [6, 6.07) is 17.2. The van der Waals surface area contributed by atoms with Crippen molar-refractivity contribution in [1.82, 2.24) is 5.32 Å². The van der Waals surface area contributed by atoms with E-state index in [0.717, 1.165) is 27.5 Å². The Morgan fingerprint density at radius 3 is 2.50 bits per heavy atom.